The van der Waals surface area contributed by atoms with Crippen LogP contribution in [0.25, 0.3) is 0 Å². The zero-order valence-electron chi connectivity index (χ0n) is 14.8. The van der Waals surface area contributed by atoms with Gasteiger partial charge in [0, 0.05) is 18.0 Å². The summed E-state index contributed by atoms with van der Waals surface area (Å²) in [6, 6.07) is 5.82. The van der Waals surface area contributed by atoms with Crippen molar-refractivity contribution in [1.29, 1.82) is 0 Å². The number of hydrogen-bond acceptors (Lipinski definition) is 7. The van der Waals surface area contributed by atoms with E-state index in [2.05, 4.69) is 9.88 Å². The Bertz CT molecular complexity index is 706. The first kappa shape index (κ1) is 18.1. The molecule has 1 aliphatic heterocycles. The van der Waals surface area contributed by atoms with Crippen molar-refractivity contribution in [3.63, 3.8) is 0 Å². The summed E-state index contributed by atoms with van der Waals surface area (Å²) in [5.41, 5.74) is 3.97. The molecule has 136 valence electrons. The van der Waals surface area contributed by atoms with Crippen LogP contribution in [0.3, 0.4) is 0 Å². The Kier molecular flexibility index (Phi) is 5.90. The van der Waals surface area contributed by atoms with Crippen LogP contribution in [0.4, 0.5) is 0 Å². The monoisotopic (exact) mass is 364 g/mol. The minimum Gasteiger partial charge on any atom is -0.493 e. The SMILES string of the molecule is COc1ccc([C@@H]2[C@@H](CO)OCCN2Cc2scnc2C)cc1OC. The minimum absolute atomic E-state index is 0.0306. The normalized spacial score (nSPS) is 21.3. The average molecular weight is 364 g/mol. The zero-order chi connectivity index (χ0) is 17.8. The van der Waals surface area contributed by atoms with E-state index in [-0.39, 0.29) is 18.8 Å². The van der Waals surface area contributed by atoms with E-state index in [0.717, 1.165) is 24.3 Å². The van der Waals surface area contributed by atoms with Gasteiger partial charge in [-0.05, 0) is 24.6 Å². The largest absolute Gasteiger partial charge is 0.493 e. The average Bonchev–Trinajstić information content (AvgIpc) is 3.05. The van der Waals surface area contributed by atoms with Crippen LogP contribution in [0.15, 0.2) is 23.7 Å². The lowest BCUT2D eigenvalue weighted by molar-refractivity contribution is -0.0958. The van der Waals surface area contributed by atoms with Gasteiger partial charge in [-0.1, -0.05) is 6.07 Å². The lowest BCUT2D eigenvalue weighted by Crippen LogP contribution is -2.46. The molecule has 2 atom stereocenters. The standard InChI is InChI=1S/C18H24N2O4S/c1-12-17(25-11-19-12)9-20-6-7-24-16(10-21)18(20)13-4-5-14(22-2)15(8-13)23-3/h4-5,8,11,16,18,21H,6-7,9-10H2,1-3H3/t16-,18-/m1/s1. The highest BCUT2D eigenvalue weighted by atomic mass is 32.1. The molecule has 1 saturated heterocycles. The number of rotatable bonds is 6. The molecule has 2 heterocycles. The van der Waals surface area contributed by atoms with Gasteiger partial charge in [-0.3, -0.25) is 4.90 Å². The fraction of sp³-hybridized carbons (Fsp3) is 0.500. The highest BCUT2D eigenvalue weighted by molar-refractivity contribution is 7.09. The van der Waals surface area contributed by atoms with Crippen LogP contribution in [0, 0.1) is 6.92 Å². The van der Waals surface area contributed by atoms with Gasteiger partial charge in [-0.2, -0.15) is 0 Å². The van der Waals surface area contributed by atoms with Crippen LogP contribution in [-0.2, 0) is 11.3 Å². The van der Waals surface area contributed by atoms with E-state index < -0.39 is 0 Å². The Hall–Kier alpha value is -1.67. The second-order valence-corrected chi connectivity index (χ2v) is 6.92. The molecule has 25 heavy (non-hydrogen) atoms. The van der Waals surface area contributed by atoms with Crippen LogP contribution in [-0.4, -0.2) is 55.1 Å². The van der Waals surface area contributed by atoms with E-state index in [9.17, 15) is 5.11 Å². The number of aliphatic hydroxyl groups is 1. The lowest BCUT2D eigenvalue weighted by Gasteiger charge is -2.41. The van der Waals surface area contributed by atoms with Crippen molar-refractivity contribution in [2.24, 2.45) is 0 Å². The predicted octanol–water partition coefficient (Wildman–Crippen LogP) is 2.40. The van der Waals surface area contributed by atoms with E-state index in [1.54, 1.807) is 25.6 Å². The summed E-state index contributed by atoms with van der Waals surface area (Å²) >= 11 is 1.66. The van der Waals surface area contributed by atoms with Gasteiger partial charge >= 0.3 is 0 Å². The van der Waals surface area contributed by atoms with Crippen LogP contribution in [0.2, 0.25) is 0 Å². The summed E-state index contributed by atoms with van der Waals surface area (Å²) in [4.78, 5) is 7.92. The number of ether oxygens (including phenoxy) is 3. The number of hydrogen-bond donors (Lipinski definition) is 1. The molecule has 3 rings (SSSR count). The maximum Gasteiger partial charge on any atom is 0.161 e. The van der Waals surface area contributed by atoms with Crippen molar-refractivity contribution in [2.45, 2.75) is 25.6 Å². The molecule has 0 saturated carbocycles. The number of aromatic nitrogens is 1. The molecule has 0 amide bonds. The number of morpholine rings is 1. The van der Waals surface area contributed by atoms with Crippen LogP contribution >= 0.6 is 11.3 Å². The van der Waals surface area contributed by atoms with Crippen LogP contribution in [0.5, 0.6) is 11.5 Å². The Morgan fingerprint density at radius 3 is 2.76 bits per heavy atom. The van der Waals surface area contributed by atoms with Crippen molar-refractivity contribution < 1.29 is 19.3 Å². The molecule has 0 spiro atoms. The molecule has 0 unspecified atom stereocenters. The van der Waals surface area contributed by atoms with Gasteiger partial charge in [-0.25, -0.2) is 4.98 Å². The minimum atomic E-state index is -0.278. The topological polar surface area (TPSA) is 64.0 Å². The quantitative estimate of drug-likeness (QED) is 0.849. The van der Waals surface area contributed by atoms with Gasteiger partial charge in [0.25, 0.3) is 0 Å². The number of nitrogens with zero attached hydrogens (tertiary/aromatic N) is 2. The molecule has 7 heteroatoms. The Morgan fingerprint density at radius 2 is 2.12 bits per heavy atom. The van der Waals surface area contributed by atoms with E-state index in [1.165, 1.54) is 4.88 Å². The van der Waals surface area contributed by atoms with Gasteiger partial charge in [0.2, 0.25) is 0 Å². The van der Waals surface area contributed by atoms with Gasteiger partial charge in [-0.15, -0.1) is 11.3 Å². The summed E-state index contributed by atoms with van der Waals surface area (Å²) in [6.45, 7) is 4.19. The first-order chi connectivity index (χ1) is 12.2. The Labute approximate surface area is 152 Å². The Balaban J connectivity index is 1.93. The predicted molar refractivity (Wildman–Crippen MR) is 96.4 cm³/mol. The molecular formula is C18H24N2O4S. The van der Waals surface area contributed by atoms with E-state index >= 15 is 0 Å². The van der Waals surface area contributed by atoms with Crippen molar-refractivity contribution in [2.75, 3.05) is 34.0 Å². The Morgan fingerprint density at radius 1 is 1.32 bits per heavy atom. The molecular weight excluding hydrogens is 340 g/mol. The second-order valence-electron chi connectivity index (χ2n) is 5.98. The summed E-state index contributed by atoms with van der Waals surface area (Å²) in [5, 5.41) is 9.83. The molecule has 1 aliphatic rings. The molecule has 1 aromatic carbocycles. The fourth-order valence-corrected chi connectivity index (χ4v) is 4.04. The van der Waals surface area contributed by atoms with Crippen molar-refractivity contribution >= 4 is 11.3 Å². The van der Waals surface area contributed by atoms with E-state index in [4.69, 9.17) is 14.2 Å². The summed E-state index contributed by atoms with van der Waals surface area (Å²) in [5.74, 6) is 1.37. The van der Waals surface area contributed by atoms with Gasteiger partial charge in [0.15, 0.2) is 11.5 Å². The first-order valence-corrected chi connectivity index (χ1v) is 9.13. The molecule has 1 N–H and O–H groups in total. The van der Waals surface area contributed by atoms with E-state index in [0.29, 0.717) is 18.1 Å². The third kappa shape index (κ3) is 3.79. The fourth-order valence-electron chi connectivity index (χ4n) is 3.24. The zero-order valence-corrected chi connectivity index (χ0v) is 15.6. The molecule has 0 bridgehead atoms. The van der Waals surface area contributed by atoms with Gasteiger partial charge < -0.3 is 19.3 Å². The third-order valence-electron chi connectivity index (χ3n) is 4.58. The van der Waals surface area contributed by atoms with Gasteiger partial charge in [0.05, 0.1) is 44.7 Å². The third-order valence-corrected chi connectivity index (χ3v) is 5.50. The maximum absolute atomic E-state index is 9.83. The summed E-state index contributed by atoms with van der Waals surface area (Å²) < 4.78 is 16.6. The van der Waals surface area contributed by atoms with Crippen LogP contribution < -0.4 is 9.47 Å². The second kappa shape index (κ2) is 8.14. The van der Waals surface area contributed by atoms with Crippen LogP contribution in [0.1, 0.15) is 22.2 Å². The highest BCUT2D eigenvalue weighted by Crippen LogP contribution is 2.36. The van der Waals surface area contributed by atoms with E-state index in [1.807, 2.05) is 30.6 Å². The summed E-state index contributed by atoms with van der Waals surface area (Å²) in [7, 11) is 3.25. The summed E-state index contributed by atoms with van der Waals surface area (Å²) in [6.07, 6.45) is -0.278. The van der Waals surface area contributed by atoms with Crippen molar-refractivity contribution in [3.05, 3.63) is 39.8 Å². The molecule has 6 nitrogen and oxygen atoms in total. The molecule has 0 radical (unpaired) electrons. The maximum atomic E-state index is 9.83. The number of thiazole rings is 1. The highest BCUT2D eigenvalue weighted by Gasteiger charge is 2.34. The number of aryl methyl sites for hydroxylation is 1. The smallest absolute Gasteiger partial charge is 0.161 e. The number of benzene rings is 1. The van der Waals surface area contributed by atoms with Crippen molar-refractivity contribution in [1.82, 2.24) is 9.88 Å². The lowest BCUT2D eigenvalue weighted by atomic mass is 9.97. The molecule has 1 fully saturated rings. The first-order valence-electron chi connectivity index (χ1n) is 8.25. The van der Waals surface area contributed by atoms with Crippen molar-refractivity contribution in [3.8, 4) is 11.5 Å². The molecule has 1 aromatic heterocycles. The number of methoxy groups -OCH3 is 2. The molecule has 2 aromatic rings. The van der Waals surface area contributed by atoms with Gasteiger partial charge in [0.1, 0.15) is 6.10 Å². The number of aliphatic hydroxyl groups excluding tert-OH is 1. The molecule has 0 aliphatic carbocycles.